The van der Waals surface area contributed by atoms with E-state index >= 15 is 0 Å². The molecule has 0 radical (unpaired) electrons. The van der Waals surface area contributed by atoms with Gasteiger partial charge in [-0.25, -0.2) is 4.39 Å². The molecule has 4 nitrogen and oxygen atoms in total. The number of carbonyl (C=O) groups excluding carboxylic acids is 1. The maximum atomic E-state index is 13.5. The topological polar surface area (TPSA) is 42.4 Å². The largest absolute Gasteiger partial charge is 0.497 e. The third kappa shape index (κ3) is 5.29. The van der Waals surface area contributed by atoms with E-state index in [9.17, 15) is 9.18 Å². The molecule has 2 aromatic carbocycles. The highest BCUT2D eigenvalue weighted by Gasteiger charge is 2.30. The number of aromatic nitrogens is 1. The average Bonchev–Trinajstić information content (AvgIpc) is 3.28. The number of aryl methyl sites for hydroxylation is 1. The summed E-state index contributed by atoms with van der Waals surface area (Å²) in [6.45, 7) is 0.766. The Hall–Kier alpha value is -3.21. The number of carbonyl (C=O) groups is 1. The maximum absolute atomic E-state index is 13.5. The number of pyridine rings is 1. The lowest BCUT2D eigenvalue weighted by atomic mass is 10.1. The van der Waals surface area contributed by atoms with Crippen LogP contribution in [0.1, 0.15) is 47.8 Å². The molecule has 1 unspecified atom stereocenters. The zero-order chi connectivity index (χ0) is 21.6. The van der Waals surface area contributed by atoms with E-state index in [1.165, 1.54) is 6.07 Å². The normalized spacial score (nSPS) is 15.8. The van der Waals surface area contributed by atoms with Crippen molar-refractivity contribution in [2.45, 2.75) is 38.1 Å². The average molecular weight is 419 g/mol. The van der Waals surface area contributed by atoms with Gasteiger partial charge in [0, 0.05) is 25.1 Å². The van der Waals surface area contributed by atoms with Crippen LogP contribution in [0.25, 0.3) is 0 Å². The Kier molecular flexibility index (Phi) is 6.60. The molecule has 0 spiro atoms. The smallest absolute Gasteiger partial charge is 0.223 e. The monoisotopic (exact) mass is 418 g/mol. The third-order valence-electron chi connectivity index (χ3n) is 5.80. The first-order valence-corrected chi connectivity index (χ1v) is 10.7. The maximum Gasteiger partial charge on any atom is 0.223 e. The van der Waals surface area contributed by atoms with Crippen molar-refractivity contribution >= 4 is 5.91 Å². The standard InChI is InChI=1S/C26H27FN2O2/c1-31-23-13-10-19(11-14-23)12-15-26(30)29-16-4-9-25(29)24-8-3-7-22(28-24)18-20-5-2-6-21(27)17-20/h2-3,5-8,10-11,13-14,17,25H,4,9,12,15-16,18H2,1H3. The second-order valence-corrected chi connectivity index (χ2v) is 7.95. The van der Waals surface area contributed by atoms with Gasteiger partial charge < -0.3 is 9.64 Å². The number of ether oxygens (including phenoxy) is 1. The van der Waals surface area contributed by atoms with Crippen LogP contribution in [0.5, 0.6) is 5.75 Å². The summed E-state index contributed by atoms with van der Waals surface area (Å²) in [6.07, 6.45) is 3.66. The van der Waals surface area contributed by atoms with Crippen molar-refractivity contribution in [3.63, 3.8) is 0 Å². The SMILES string of the molecule is COc1ccc(CCC(=O)N2CCCC2c2cccc(Cc3cccc(F)c3)n2)cc1. The van der Waals surface area contributed by atoms with Crippen molar-refractivity contribution in [2.24, 2.45) is 0 Å². The fraction of sp³-hybridized carbons (Fsp3) is 0.308. The van der Waals surface area contributed by atoms with Crippen molar-refractivity contribution in [3.05, 3.63) is 95.1 Å². The van der Waals surface area contributed by atoms with Gasteiger partial charge in [-0.1, -0.05) is 30.3 Å². The molecule has 160 valence electrons. The summed E-state index contributed by atoms with van der Waals surface area (Å²) in [6, 6.07) is 20.4. The zero-order valence-electron chi connectivity index (χ0n) is 17.8. The number of rotatable bonds is 7. The van der Waals surface area contributed by atoms with Gasteiger partial charge in [0.15, 0.2) is 0 Å². The van der Waals surface area contributed by atoms with E-state index in [4.69, 9.17) is 9.72 Å². The molecular weight excluding hydrogens is 391 g/mol. The number of methoxy groups -OCH3 is 1. The van der Waals surface area contributed by atoms with E-state index in [1.807, 2.05) is 53.4 Å². The van der Waals surface area contributed by atoms with Gasteiger partial charge in [0.05, 0.1) is 18.8 Å². The minimum Gasteiger partial charge on any atom is -0.497 e. The fourth-order valence-electron chi connectivity index (χ4n) is 4.20. The molecule has 0 N–H and O–H groups in total. The van der Waals surface area contributed by atoms with Gasteiger partial charge in [0.25, 0.3) is 0 Å². The molecule has 1 aromatic heterocycles. The molecule has 3 aromatic rings. The van der Waals surface area contributed by atoms with Crippen molar-refractivity contribution in [1.82, 2.24) is 9.88 Å². The van der Waals surface area contributed by atoms with E-state index < -0.39 is 0 Å². The molecule has 1 saturated heterocycles. The Morgan fingerprint density at radius 2 is 1.90 bits per heavy atom. The number of likely N-dealkylation sites (tertiary alicyclic amines) is 1. The van der Waals surface area contributed by atoms with Crippen LogP contribution >= 0.6 is 0 Å². The summed E-state index contributed by atoms with van der Waals surface area (Å²) in [5.41, 5.74) is 3.83. The molecular formula is C26H27FN2O2. The van der Waals surface area contributed by atoms with Crippen molar-refractivity contribution < 1.29 is 13.9 Å². The number of benzene rings is 2. The molecule has 2 heterocycles. The molecule has 0 saturated carbocycles. The van der Waals surface area contributed by atoms with Crippen molar-refractivity contribution in [2.75, 3.05) is 13.7 Å². The summed E-state index contributed by atoms with van der Waals surface area (Å²) in [4.78, 5) is 19.8. The molecule has 0 bridgehead atoms. The first-order chi connectivity index (χ1) is 15.1. The van der Waals surface area contributed by atoms with Crippen LogP contribution in [0.4, 0.5) is 4.39 Å². The van der Waals surface area contributed by atoms with Crippen LogP contribution in [-0.2, 0) is 17.6 Å². The van der Waals surface area contributed by atoms with E-state index in [0.29, 0.717) is 19.3 Å². The van der Waals surface area contributed by atoms with E-state index in [0.717, 1.165) is 47.7 Å². The van der Waals surface area contributed by atoms with E-state index in [-0.39, 0.29) is 17.8 Å². The summed E-state index contributed by atoms with van der Waals surface area (Å²) >= 11 is 0. The Morgan fingerprint density at radius 1 is 1.10 bits per heavy atom. The molecule has 4 rings (SSSR count). The Labute approximate surface area is 182 Å². The molecule has 5 heteroatoms. The highest BCUT2D eigenvalue weighted by Crippen LogP contribution is 2.32. The summed E-state index contributed by atoms with van der Waals surface area (Å²) < 4.78 is 18.7. The van der Waals surface area contributed by atoms with Gasteiger partial charge in [-0.3, -0.25) is 9.78 Å². The predicted molar refractivity (Wildman–Crippen MR) is 118 cm³/mol. The highest BCUT2D eigenvalue weighted by molar-refractivity contribution is 5.77. The number of hydrogen-bond acceptors (Lipinski definition) is 3. The minimum atomic E-state index is -0.238. The van der Waals surface area contributed by atoms with Crippen molar-refractivity contribution in [1.29, 1.82) is 0 Å². The molecule has 1 amide bonds. The quantitative estimate of drug-likeness (QED) is 0.535. The van der Waals surface area contributed by atoms with E-state index in [2.05, 4.69) is 0 Å². The Bertz CT molecular complexity index is 1040. The lowest BCUT2D eigenvalue weighted by Gasteiger charge is -2.25. The lowest BCUT2D eigenvalue weighted by molar-refractivity contribution is -0.132. The minimum absolute atomic E-state index is 0.0100. The van der Waals surface area contributed by atoms with Crippen LogP contribution < -0.4 is 4.74 Å². The molecule has 31 heavy (non-hydrogen) atoms. The van der Waals surface area contributed by atoms with Gasteiger partial charge in [-0.15, -0.1) is 0 Å². The van der Waals surface area contributed by atoms with Crippen LogP contribution in [0, 0.1) is 5.82 Å². The number of nitrogens with zero attached hydrogens (tertiary/aromatic N) is 2. The van der Waals surface area contributed by atoms with Crippen LogP contribution in [0.2, 0.25) is 0 Å². The lowest BCUT2D eigenvalue weighted by Crippen LogP contribution is -2.31. The fourth-order valence-corrected chi connectivity index (χ4v) is 4.20. The van der Waals surface area contributed by atoms with Crippen LogP contribution in [-0.4, -0.2) is 29.4 Å². The third-order valence-corrected chi connectivity index (χ3v) is 5.80. The zero-order valence-corrected chi connectivity index (χ0v) is 17.8. The Balaban J connectivity index is 1.42. The van der Waals surface area contributed by atoms with Gasteiger partial charge in [0.2, 0.25) is 5.91 Å². The summed E-state index contributed by atoms with van der Waals surface area (Å²) in [7, 11) is 1.65. The first-order valence-electron chi connectivity index (χ1n) is 10.7. The number of hydrogen-bond donors (Lipinski definition) is 0. The van der Waals surface area contributed by atoms with Crippen LogP contribution in [0.3, 0.4) is 0 Å². The Morgan fingerprint density at radius 3 is 2.68 bits per heavy atom. The van der Waals surface area contributed by atoms with Gasteiger partial charge in [-0.2, -0.15) is 0 Å². The summed E-state index contributed by atoms with van der Waals surface area (Å²) in [5, 5.41) is 0. The van der Waals surface area contributed by atoms with Crippen molar-refractivity contribution in [3.8, 4) is 5.75 Å². The molecule has 1 fully saturated rings. The molecule has 1 aliphatic rings. The second kappa shape index (κ2) is 9.73. The van der Waals surface area contributed by atoms with E-state index in [1.54, 1.807) is 19.2 Å². The number of amides is 1. The van der Waals surface area contributed by atoms with Gasteiger partial charge in [0.1, 0.15) is 11.6 Å². The highest BCUT2D eigenvalue weighted by atomic mass is 19.1. The van der Waals surface area contributed by atoms with Gasteiger partial charge >= 0.3 is 0 Å². The van der Waals surface area contributed by atoms with Crippen LogP contribution in [0.15, 0.2) is 66.7 Å². The number of halogens is 1. The summed E-state index contributed by atoms with van der Waals surface area (Å²) in [5.74, 6) is 0.743. The molecule has 1 atom stereocenters. The predicted octanol–water partition coefficient (Wildman–Crippen LogP) is 5.12. The first kappa shape index (κ1) is 21.0. The molecule has 1 aliphatic heterocycles. The second-order valence-electron chi connectivity index (χ2n) is 7.95. The van der Waals surface area contributed by atoms with Gasteiger partial charge in [-0.05, 0) is 66.8 Å². The molecule has 0 aliphatic carbocycles.